The second-order valence-corrected chi connectivity index (χ2v) is 28.7. The van der Waals surface area contributed by atoms with E-state index in [0.717, 1.165) is 61.1 Å². The monoisotopic (exact) mass is 1920 g/mol. The van der Waals surface area contributed by atoms with E-state index in [1.165, 1.54) is 11.4 Å². The number of carbonyl (C=O) groups is 3. The molecule has 1 N–H and O–H groups in total. The zero-order chi connectivity index (χ0) is 77.0. The Bertz CT molecular complexity index is 4120. The summed E-state index contributed by atoms with van der Waals surface area (Å²) < 4.78 is 59.8. The van der Waals surface area contributed by atoms with Crippen molar-refractivity contribution in [2.75, 3.05) is 0 Å². The number of hydrogen-bond acceptors (Lipinski definition) is 8. The average Bonchev–Trinajstić information content (AvgIpc) is 1.56. The van der Waals surface area contributed by atoms with Crippen molar-refractivity contribution in [3.63, 3.8) is 0 Å². The van der Waals surface area contributed by atoms with E-state index in [1.807, 2.05) is 70.4 Å². The zero-order valence-electron chi connectivity index (χ0n) is 58.7. The zero-order valence-corrected chi connectivity index (χ0v) is 73.1. The predicted octanol–water partition coefficient (Wildman–Crippen LogP) is 5.59. The molecule has 105 heavy (non-hydrogen) atoms. The van der Waals surface area contributed by atoms with Crippen LogP contribution in [0.15, 0.2) is 111 Å². The number of halogens is 9. The molecule has 0 bridgehead atoms. The first kappa shape index (κ1) is 100. The number of nitrogens with zero attached hydrogens (tertiary/aromatic N) is 4. The first-order valence-electron chi connectivity index (χ1n) is 31.3. The Morgan fingerprint density at radius 3 is 1.31 bits per heavy atom. The number of aryl methyl sites for hydroxylation is 4. The summed E-state index contributed by atoms with van der Waals surface area (Å²) in [5.41, 5.74) is 13.3. The van der Waals surface area contributed by atoms with E-state index < -0.39 is 62.6 Å². The summed E-state index contributed by atoms with van der Waals surface area (Å²) in [7, 11) is 82.4. The molecule has 0 saturated carbocycles. The standard InChI is InChI=1S/C22H17BrFNO.C16H22BN3O2.C10H5BrFIO.C10H6BrFO.CB12.CB11.CH4.I2.K.H2O/c1-13-3-4-14(2)25(13)17-7-5-15(6-8-17)18-9-10-19-20(18)11-16(12-26)21(23)22(19)24;1-11-7-8-12(2)20(11)14-18-9-13(10-19-14)17-21-15(3,4)16(5,6)22-17;11-9-5(4-14)3-7-6(10(9)12)1-2-8(7)13;11-9-7(5-13)4-6-2-1-3-8(6)10(9)12;2-10(3)1(11(4)5,12(6)7)13(8)9;2-9-1(10(3)4,11(5)6)12(7)8;;1-2;;/h3-9,11-12H,10H2,1-2H3;7-10H,1-6H3;2-4H,1H2;1-2,4-5H,3H2;;;1H4;;;1H2/q;;;;;;;;+1;/p-1. The number of allylic oxidation sites excluding steroid dienone is 3. The summed E-state index contributed by atoms with van der Waals surface area (Å²) in [6, 6.07) is 21.7. The molecule has 491 valence electrons. The van der Waals surface area contributed by atoms with Crippen LogP contribution in [0.4, 0.5) is 13.2 Å². The van der Waals surface area contributed by atoms with Crippen LogP contribution in [-0.4, -0.2) is 230 Å². The Balaban J connectivity index is 0.000000435. The van der Waals surface area contributed by atoms with Gasteiger partial charge in [0.25, 0.3) is 0 Å². The molecule has 7 aromatic rings. The predicted molar refractivity (Wildman–Crippen MR) is 484 cm³/mol. The van der Waals surface area contributed by atoms with Crippen LogP contribution in [-0.2, 0) is 28.6 Å². The third kappa shape index (κ3) is 22.8. The van der Waals surface area contributed by atoms with Crippen molar-refractivity contribution in [3.8, 4) is 11.6 Å². The minimum absolute atomic E-state index is 0. The van der Waals surface area contributed by atoms with Gasteiger partial charge in [0.05, 0.1) is 24.6 Å². The van der Waals surface area contributed by atoms with E-state index in [2.05, 4.69) is 185 Å². The maximum Gasteiger partial charge on any atom is 1.00 e. The van der Waals surface area contributed by atoms with Gasteiger partial charge in [0, 0.05) is 289 Å². The second kappa shape index (κ2) is 44.2. The second-order valence-electron chi connectivity index (χ2n) is 25.1. The molecule has 3 aliphatic carbocycles. The molecule has 0 amide bonds. The van der Waals surface area contributed by atoms with Crippen molar-refractivity contribution in [1.29, 1.82) is 0 Å². The van der Waals surface area contributed by atoms with Gasteiger partial charge >= 0.3 is 58.5 Å². The average molecular weight is 1920 g/mol. The molecule has 44 heteroatoms. The van der Waals surface area contributed by atoms with Crippen molar-refractivity contribution < 1.29 is 93.7 Å². The van der Waals surface area contributed by atoms with Crippen molar-refractivity contribution in [1.82, 2.24) is 19.1 Å². The van der Waals surface area contributed by atoms with Crippen LogP contribution in [0.5, 0.6) is 0 Å². The van der Waals surface area contributed by atoms with Gasteiger partial charge in [-0.05, 0) is 227 Å². The molecule has 4 heterocycles. The Morgan fingerprint density at radius 1 is 0.571 bits per heavy atom. The molecule has 1 saturated heterocycles. The van der Waals surface area contributed by atoms with Crippen molar-refractivity contribution >= 4 is 323 Å². The number of fused-ring (bicyclic) bond motifs is 3. The largest absolute Gasteiger partial charge is 1.00 e. The van der Waals surface area contributed by atoms with Crippen molar-refractivity contribution in [3.05, 3.63) is 207 Å². The fraction of sp³-hybridized carbons (Fsp3) is 0.262. The van der Waals surface area contributed by atoms with E-state index >= 15 is 0 Å². The van der Waals surface area contributed by atoms with Gasteiger partial charge in [0.2, 0.25) is 5.95 Å². The Morgan fingerprint density at radius 2 is 0.943 bits per heavy atom. The summed E-state index contributed by atoms with van der Waals surface area (Å²) in [6.07, 6.45) is 15.0. The van der Waals surface area contributed by atoms with Crippen LogP contribution in [0.3, 0.4) is 0 Å². The van der Waals surface area contributed by atoms with E-state index in [9.17, 15) is 27.6 Å². The summed E-state index contributed by atoms with van der Waals surface area (Å²) in [6.45, 7) is 9.81. The number of benzene rings is 4. The van der Waals surface area contributed by atoms with E-state index in [4.69, 9.17) is 125 Å². The van der Waals surface area contributed by atoms with Gasteiger partial charge in [-0.1, -0.05) is 43.9 Å². The summed E-state index contributed by atoms with van der Waals surface area (Å²) in [4.78, 5) is 41.4. The maximum absolute atomic E-state index is 14.5. The first-order chi connectivity index (χ1) is 47.8. The van der Waals surface area contributed by atoms with Crippen LogP contribution in [0, 0.1) is 45.1 Å². The molecular weight excluding hydrogens is 1860 g/mol. The van der Waals surface area contributed by atoms with E-state index in [0.29, 0.717) is 77.4 Å². The smallest absolute Gasteiger partial charge is 0.870 e. The van der Waals surface area contributed by atoms with Gasteiger partial charge in [0.1, 0.15) is 17.5 Å². The maximum atomic E-state index is 14.5. The quantitative estimate of drug-likeness (QED) is 0.0738. The summed E-state index contributed by atoms with van der Waals surface area (Å²) in [5.74, 6) is -0.302. The van der Waals surface area contributed by atoms with Crippen LogP contribution in [0.25, 0.3) is 26.9 Å². The number of aromatic nitrogens is 4. The number of carbonyl (C=O) groups excluding carboxylic acids is 3. The van der Waals surface area contributed by atoms with Crippen molar-refractivity contribution in [2.45, 2.75) is 103 Å². The Labute approximate surface area is 747 Å². The van der Waals surface area contributed by atoms with Crippen LogP contribution >= 0.6 is 108 Å². The summed E-state index contributed by atoms with van der Waals surface area (Å²) in [5, 5.41) is -2.42. The molecule has 31 radical (unpaired) electrons. The molecule has 0 atom stereocenters. The topological polar surface area (TPSA) is 135 Å². The Kier molecular flexibility index (Phi) is 42.2. The molecule has 4 aliphatic rings. The van der Waals surface area contributed by atoms with Gasteiger partial charge in [-0.2, -0.15) is 10.0 Å². The van der Waals surface area contributed by atoms with Gasteiger partial charge in [-0.15, -0.1) is 0 Å². The number of rotatable bonds is 15. The first-order valence-corrected chi connectivity index (χ1v) is 41.0. The minimum atomic E-state index is -1.28. The third-order valence-corrected chi connectivity index (χ3v) is 21.7. The molecule has 1 fully saturated rings. The van der Waals surface area contributed by atoms with Gasteiger partial charge in [0.15, 0.2) is 18.9 Å². The number of aldehydes is 3. The van der Waals surface area contributed by atoms with E-state index in [1.54, 1.807) is 30.6 Å². The number of hydrogen-bond donors (Lipinski definition) is 0. The fourth-order valence-corrected chi connectivity index (χ4v) is 13.5. The molecule has 0 unspecified atom stereocenters. The molecule has 3 aromatic heterocycles. The third-order valence-electron chi connectivity index (χ3n) is 18.3. The van der Waals surface area contributed by atoms with Gasteiger partial charge in [-0.25, -0.2) is 23.1 Å². The molecular formula is C61H55B24Br3F3I3KN4O6. The molecule has 1 aliphatic heterocycles. The van der Waals surface area contributed by atoms with Crippen LogP contribution in [0.2, 0.25) is 10.0 Å². The minimum Gasteiger partial charge on any atom is -0.870 e. The van der Waals surface area contributed by atoms with Crippen LogP contribution < -0.4 is 56.8 Å². The molecule has 10 nitrogen and oxygen atoms in total. The SMILES string of the molecule is C.Cc1ccc(C)n1-c1ccc(C2=CCc3c2cc(C=O)c(Br)c3F)cc1.Cc1ccc(C)n1-c1ncc(B2OC(C)(C)C(C)(C)O2)cn1.II.O=Cc1cc2c(c(F)c1Br)CC=C2.O=Cc1cc2c(c(F)c1Br)CC=C2I.[B]B([B])C(B([B])[B])(B([B])[B])B([B])[B].[B][B]C(B([B])[B])(B([B])[B])B([B])[B].[K+].[OH-]. The van der Waals surface area contributed by atoms with Crippen LogP contribution in [0.1, 0.15) is 128 Å². The van der Waals surface area contributed by atoms with Gasteiger partial charge in [-0.3, -0.25) is 19.0 Å². The van der Waals surface area contributed by atoms with E-state index in [-0.39, 0.29) is 106 Å². The van der Waals surface area contributed by atoms with Gasteiger partial charge < -0.3 is 19.4 Å². The molecule has 11 rings (SSSR count). The normalized spacial score (nSPS) is 13.3. The fourth-order valence-electron chi connectivity index (χ4n) is 11.5. The molecule has 4 aromatic carbocycles. The summed E-state index contributed by atoms with van der Waals surface area (Å²) >= 11 is 15.7. The van der Waals surface area contributed by atoms with Crippen molar-refractivity contribution in [2.24, 2.45) is 0 Å². The Hall–Kier alpha value is -0.755. The molecule has 0 spiro atoms.